The first kappa shape index (κ1) is 11.8. The Hall–Kier alpha value is -0.280. The van der Waals surface area contributed by atoms with E-state index < -0.39 is 0 Å². The van der Waals surface area contributed by atoms with Crippen LogP contribution < -0.4 is 5.73 Å². The molecule has 0 saturated heterocycles. The molecule has 1 atom stereocenters. The first-order chi connectivity index (χ1) is 6.57. The van der Waals surface area contributed by atoms with Crippen molar-refractivity contribution in [3.05, 3.63) is 39.6 Å². The second-order valence-corrected chi connectivity index (χ2v) is 3.90. The Kier molecular flexibility index (Phi) is 4.20. The van der Waals surface area contributed by atoms with Crippen LogP contribution in [-0.2, 0) is 0 Å². The molecular formula is C9H9Cl3N2. The standard InChI is InChI=1S/C9H9Cl3N2/c1-2-3-6(13)7-5(10)4-14-9(12)8(7)11/h2,4,6H,1,3,13H2. The average molecular weight is 252 g/mol. The van der Waals surface area contributed by atoms with Crippen molar-refractivity contribution >= 4 is 34.8 Å². The van der Waals surface area contributed by atoms with Crippen molar-refractivity contribution in [3.63, 3.8) is 0 Å². The lowest BCUT2D eigenvalue weighted by molar-refractivity contribution is 0.740. The molecule has 1 unspecified atom stereocenters. The smallest absolute Gasteiger partial charge is 0.148 e. The predicted octanol–water partition coefficient (Wildman–Crippen LogP) is 3.62. The fourth-order valence-corrected chi connectivity index (χ4v) is 1.87. The van der Waals surface area contributed by atoms with Gasteiger partial charge in [0.1, 0.15) is 5.15 Å². The molecule has 2 N–H and O–H groups in total. The van der Waals surface area contributed by atoms with Gasteiger partial charge in [-0.1, -0.05) is 40.9 Å². The van der Waals surface area contributed by atoms with E-state index in [1.54, 1.807) is 6.08 Å². The maximum absolute atomic E-state index is 5.94. The zero-order valence-electron chi connectivity index (χ0n) is 7.30. The van der Waals surface area contributed by atoms with Crippen LogP contribution in [0.3, 0.4) is 0 Å². The van der Waals surface area contributed by atoms with Gasteiger partial charge in [0.2, 0.25) is 0 Å². The lowest BCUT2D eigenvalue weighted by Crippen LogP contribution is -2.10. The van der Waals surface area contributed by atoms with E-state index in [9.17, 15) is 0 Å². The van der Waals surface area contributed by atoms with Crippen molar-refractivity contribution in [1.29, 1.82) is 0 Å². The highest BCUT2D eigenvalue weighted by Gasteiger charge is 2.16. The fourth-order valence-electron chi connectivity index (χ4n) is 1.09. The monoisotopic (exact) mass is 250 g/mol. The summed E-state index contributed by atoms with van der Waals surface area (Å²) in [6.07, 6.45) is 3.72. The first-order valence-corrected chi connectivity index (χ1v) is 5.07. The third kappa shape index (κ3) is 2.39. The lowest BCUT2D eigenvalue weighted by Gasteiger charge is -2.13. The van der Waals surface area contributed by atoms with E-state index in [0.717, 1.165) is 0 Å². The summed E-state index contributed by atoms with van der Waals surface area (Å²) in [5, 5.41) is 0.952. The summed E-state index contributed by atoms with van der Waals surface area (Å²) in [5.74, 6) is 0. The third-order valence-electron chi connectivity index (χ3n) is 1.76. The maximum atomic E-state index is 5.94. The molecule has 2 nitrogen and oxygen atoms in total. The Morgan fingerprint density at radius 3 is 2.71 bits per heavy atom. The van der Waals surface area contributed by atoms with E-state index >= 15 is 0 Å². The molecule has 0 amide bonds. The zero-order chi connectivity index (χ0) is 10.7. The number of pyridine rings is 1. The van der Waals surface area contributed by atoms with Crippen molar-refractivity contribution in [2.75, 3.05) is 0 Å². The van der Waals surface area contributed by atoms with Gasteiger partial charge in [-0.15, -0.1) is 6.58 Å². The molecule has 0 radical (unpaired) electrons. The van der Waals surface area contributed by atoms with Gasteiger partial charge in [0.15, 0.2) is 0 Å². The molecule has 0 aliphatic heterocycles. The van der Waals surface area contributed by atoms with Gasteiger partial charge in [-0.3, -0.25) is 0 Å². The lowest BCUT2D eigenvalue weighted by atomic mass is 10.1. The zero-order valence-corrected chi connectivity index (χ0v) is 9.57. The van der Waals surface area contributed by atoms with E-state index in [0.29, 0.717) is 22.0 Å². The minimum absolute atomic E-state index is 0.213. The number of hydrogen-bond acceptors (Lipinski definition) is 2. The van der Waals surface area contributed by atoms with E-state index in [2.05, 4.69) is 11.6 Å². The second-order valence-electron chi connectivity index (χ2n) is 2.76. The summed E-state index contributed by atoms with van der Waals surface area (Å²) in [4.78, 5) is 3.80. The summed E-state index contributed by atoms with van der Waals surface area (Å²) in [7, 11) is 0. The second kappa shape index (κ2) is 4.99. The normalized spacial score (nSPS) is 12.6. The maximum Gasteiger partial charge on any atom is 0.148 e. The Morgan fingerprint density at radius 1 is 1.50 bits per heavy atom. The predicted molar refractivity (Wildman–Crippen MR) is 61.0 cm³/mol. The van der Waals surface area contributed by atoms with Gasteiger partial charge in [0.25, 0.3) is 0 Å². The van der Waals surface area contributed by atoms with E-state index in [-0.39, 0.29) is 11.2 Å². The molecule has 0 aliphatic carbocycles. The molecule has 1 aromatic rings. The van der Waals surface area contributed by atoms with E-state index in [4.69, 9.17) is 40.5 Å². The largest absolute Gasteiger partial charge is 0.324 e. The number of rotatable bonds is 3. The van der Waals surface area contributed by atoms with Gasteiger partial charge in [-0.2, -0.15) is 0 Å². The van der Waals surface area contributed by atoms with Gasteiger partial charge >= 0.3 is 0 Å². The summed E-state index contributed by atoms with van der Waals surface area (Å²) >= 11 is 17.6. The molecule has 1 heterocycles. The Morgan fingerprint density at radius 2 is 2.14 bits per heavy atom. The molecular weight excluding hydrogens is 242 g/mol. The van der Waals surface area contributed by atoms with Crippen LogP contribution in [0.1, 0.15) is 18.0 Å². The molecule has 0 aromatic carbocycles. The Balaban J connectivity index is 3.17. The number of nitrogens with zero attached hydrogens (tertiary/aromatic N) is 1. The quantitative estimate of drug-likeness (QED) is 0.658. The van der Waals surface area contributed by atoms with Crippen LogP contribution in [0.5, 0.6) is 0 Å². The van der Waals surface area contributed by atoms with Gasteiger partial charge in [0, 0.05) is 17.8 Å². The molecule has 0 aliphatic rings. The molecule has 76 valence electrons. The minimum atomic E-state index is -0.298. The summed E-state index contributed by atoms with van der Waals surface area (Å²) in [6.45, 7) is 3.59. The highest BCUT2D eigenvalue weighted by molar-refractivity contribution is 6.43. The van der Waals surface area contributed by atoms with Gasteiger partial charge in [-0.05, 0) is 6.42 Å². The topological polar surface area (TPSA) is 38.9 Å². The SMILES string of the molecule is C=CCC(N)c1c(Cl)cnc(Cl)c1Cl. The minimum Gasteiger partial charge on any atom is -0.324 e. The van der Waals surface area contributed by atoms with E-state index in [1.807, 2.05) is 0 Å². The van der Waals surface area contributed by atoms with Crippen LogP contribution in [0.15, 0.2) is 18.9 Å². The van der Waals surface area contributed by atoms with Gasteiger partial charge < -0.3 is 5.73 Å². The van der Waals surface area contributed by atoms with Crippen molar-refractivity contribution in [1.82, 2.24) is 4.98 Å². The van der Waals surface area contributed by atoms with Crippen LogP contribution in [0.25, 0.3) is 0 Å². The van der Waals surface area contributed by atoms with Crippen LogP contribution in [0.4, 0.5) is 0 Å². The average Bonchev–Trinajstić information content (AvgIpc) is 2.13. The van der Waals surface area contributed by atoms with Crippen molar-refractivity contribution in [3.8, 4) is 0 Å². The van der Waals surface area contributed by atoms with Crippen molar-refractivity contribution in [2.45, 2.75) is 12.5 Å². The Labute approximate surface area is 97.7 Å². The highest BCUT2D eigenvalue weighted by Crippen LogP contribution is 2.34. The third-order valence-corrected chi connectivity index (χ3v) is 2.82. The van der Waals surface area contributed by atoms with Crippen LogP contribution in [0.2, 0.25) is 15.2 Å². The summed E-state index contributed by atoms with van der Waals surface area (Å²) in [5.41, 5.74) is 6.47. The molecule has 1 aromatic heterocycles. The molecule has 0 fully saturated rings. The molecule has 0 bridgehead atoms. The molecule has 0 saturated carbocycles. The van der Waals surface area contributed by atoms with Gasteiger partial charge in [-0.25, -0.2) is 4.98 Å². The Bertz CT molecular complexity index is 352. The van der Waals surface area contributed by atoms with Crippen LogP contribution in [-0.4, -0.2) is 4.98 Å². The van der Waals surface area contributed by atoms with E-state index in [1.165, 1.54) is 6.20 Å². The molecule has 14 heavy (non-hydrogen) atoms. The van der Waals surface area contributed by atoms with Crippen LogP contribution >= 0.6 is 34.8 Å². The first-order valence-electron chi connectivity index (χ1n) is 3.93. The number of hydrogen-bond donors (Lipinski definition) is 1. The molecule has 5 heteroatoms. The van der Waals surface area contributed by atoms with Crippen LogP contribution in [0, 0.1) is 0 Å². The fraction of sp³-hybridized carbons (Fsp3) is 0.222. The summed E-state index contributed by atoms with van der Waals surface area (Å²) in [6, 6.07) is -0.298. The molecule has 0 spiro atoms. The van der Waals surface area contributed by atoms with Crippen molar-refractivity contribution in [2.24, 2.45) is 5.73 Å². The summed E-state index contributed by atoms with van der Waals surface area (Å²) < 4.78 is 0. The molecule has 1 rings (SSSR count). The number of halogens is 3. The van der Waals surface area contributed by atoms with Crippen molar-refractivity contribution < 1.29 is 0 Å². The number of nitrogens with two attached hydrogens (primary N) is 1. The number of aromatic nitrogens is 1. The highest BCUT2D eigenvalue weighted by atomic mass is 35.5. The van der Waals surface area contributed by atoms with Gasteiger partial charge in [0.05, 0.1) is 10.0 Å².